The van der Waals surface area contributed by atoms with E-state index in [1.165, 1.54) is 18.3 Å². The topological polar surface area (TPSA) is 33.1 Å². The number of aromatic hydroxyl groups is 1. The highest BCUT2D eigenvalue weighted by atomic mass is 19.2. The first-order valence-electron chi connectivity index (χ1n) is 6.02. The van der Waals surface area contributed by atoms with Gasteiger partial charge in [-0.25, -0.2) is 22.0 Å². The predicted octanol–water partition coefficient (Wildman–Crippen LogP) is 4.30. The lowest BCUT2D eigenvalue weighted by atomic mass is 9.98. The molecule has 0 amide bonds. The Balaban J connectivity index is 2.46. The van der Waals surface area contributed by atoms with Gasteiger partial charge in [-0.3, -0.25) is 4.98 Å². The largest absolute Gasteiger partial charge is 0.506 e. The van der Waals surface area contributed by atoms with Gasteiger partial charge in [0.15, 0.2) is 23.3 Å². The van der Waals surface area contributed by atoms with Gasteiger partial charge in [-0.2, -0.15) is 0 Å². The average Bonchev–Trinajstić information content (AvgIpc) is 2.53. The van der Waals surface area contributed by atoms with Crippen LogP contribution in [-0.2, 0) is 0 Å². The van der Waals surface area contributed by atoms with Gasteiger partial charge < -0.3 is 5.11 Å². The van der Waals surface area contributed by atoms with E-state index in [1.807, 2.05) is 0 Å². The van der Waals surface area contributed by atoms with E-state index < -0.39 is 34.6 Å². The molecule has 1 heterocycles. The SMILES string of the molecule is Oc1ccc(-c2c(F)c(F)c(F)c(F)c2F)c2cccnc12. The molecule has 112 valence electrons. The van der Waals surface area contributed by atoms with Crippen LogP contribution in [0, 0.1) is 29.1 Å². The Kier molecular flexibility index (Phi) is 3.20. The van der Waals surface area contributed by atoms with E-state index in [0.29, 0.717) is 0 Å². The fraction of sp³-hybridized carbons (Fsp3) is 0. The third kappa shape index (κ3) is 1.89. The Morgan fingerprint density at radius 1 is 0.773 bits per heavy atom. The number of fused-ring (bicyclic) bond motifs is 1. The minimum Gasteiger partial charge on any atom is -0.506 e. The van der Waals surface area contributed by atoms with E-state index in [1.54, 1.807) is 0 Å². The highest BCUT2D eigenvalue weighted by Crippen LogP contribution is 2.37. The summed E-state index contributed by atoms with van der Waals surface area (Å²) in [5.74, 6) is -10.4. The van der Waals surface area contributed by atoms with Crippen molar-refractivity contribution in [3.8, 4) is 16.9 Å². The van der Waals surface area contributed by atoms with Crippen LogP contribution in [0.25, 0.3) is 22.0 Å². The molecule has 0 bridgehead atoms. The molecule has 0 aliphatic heterocycles. The molecule has 3 aromatic rings. The van der Waals surface area contributed by atoms with Crippen molar-refractivity contribution >= 4 is 10.9 Å². The molecule has 0 aliphatic rings. The fourth-order valence-corrected chi connectivity index (χ4v) is 2.22. The Morgan fingerprint density at radius 3 is 2.00 bits per heavy atom. The minimum atomic E-state index is -2.22. The van der Waals surface area contributed by atoms with Gasteiger partial charge in [0.05, 0.1) is 5.56 Å². The standard InChI is InChI=1S/C15H6F5NO/c16-10-9(11(17)13(19)14(20)12(10)18)6-3-4-8(22)15-7(6)2-1-5-21-15/h1-5,22H. The maximum Gasteiger partial charge on any atom is 0.200 e. The van der Waals surface area contributed by atoms with Crippen LogP contribution < -0.4 is 0 Å². The molecule has 2 nitrogen and oxygen atoms in total. The number of hydrogen-bond acceptors (Lipinski definition) is 2. The van der Waals surface area contributed by atoms with Crippen molar-refractivity contribution in [3.05, 3.63) is 59.5 Å². The quantitative estimate of drug-likeness (QED) is 0.413. The Bertz CT molecular complexity index is 881. The van der Waals surface area contributed by atoms with E-state index >= 15 is 0 Å². The molecule has 0 fully saturated rings. The van der Waals surface area contributed by atoms with Crippen LogP contribution in [0.2, 0.25) is 0 Å². The Morgan fingerprint density at radius 2 is 1.36 bits per heavy atom. The molecular weight excluding hydrogens is 305 g/mol. The second-order valence-corrected chi connectivity index (χ2v) is 4.48. The highest BCUT2D eigenvalue weighted by Gasteiger charge is 2.27. The first-order chi connectivity index (χ1) is 10.4. The molecule has 1 N–H and O–H groups in total. The first-order valence-corrected chi connectivity index (χ1v) is 6.02. The van der Waals surface area contributed by atoms with E-state index in [-0.39, 0.29) is 22.2 Å². The van der Waals surface area contributed by atoms with Gasteiger partial charge in [0.1, 0.15) is 11.3 Å². The lowest BCUT2D eigenvalue weighted by Crippen LogP contribution is -2.04. The number of rotatable bonds is 1. The van der Waals surface area contributed by atoms with E-state index in [0.717, 1.165) is 12.1 Å². The summed E-state index contributed by atoms with van der Waals surface area (Å²) < 4.78 is 67.6. The fourth-order valence-electron chi connectivity index (χ4n) is 2.22. The third-order valence-corrected chi connectivity index (χ3v) is 3.23. The molecule has 0 aliphatic carbocycles. The molecular formula is C15H6F5NO. The normalized spacial score (nSPS) is 11.1. The Labute approximate surface area is 120 Å². The summed E-state index contributed by atoms with van der Waals surface area (Å²) in [4.78, 5) is 3.83. The summed E-state index contributed by atoms with van der Waals surface area (Å²) in [5, 5.41) is 9.74. The highest BCUT2D eigenvalue weighted by molar-refractivity contribution is 5.97. The summed E-state index contributed by atoms with van der Waals surface area (Å²) in [6.07, 6.45) is 1.32. The van der Waals surface area contributed by atoms with Crippen molar-refractivity contribution in [3.63, 3.8) is 0 Å². The zero-order valence-electron chi connectivity index (χ0n) is 10.7. The van der Waals surface area contributed by atoms with Crippen LogP contribution in [0.15, 0.2) is 30.5 Å². The average molecular weight is 311 g/mol. The number of phenolic OH excluding ortho intramolecular Hbond substituents is 1. The summed E-state index contributed by atoms with van der Waals surface area (Å²) in [6.45, 7) is 0. The summed E-state index contributed by atoms with van der Waals surface area (Å²) in [5.41, 5.74) is -1.33. The molecule has 2 aromatic carbocycles. The van der Waals surface area contributed by atoms with Crippen LogP contribution in [0.3, 0.4) is 0 Å². The number of pyridine rings is 1. The van der Waals surface area contributed by atoms with Gasteiger partial charge in [0.2, 0.25) is 5.82 Å². The molecule has 0 unspecified atom stereocenters. The van der Waals surface area contributed by atoms with Gasteiger partial charge >= 0.3 is 0 Å². The number of nitrogens with zero attached hydrogens (tertiary/aromatic N) is 1. The van der Waals surface area contributed by atoms with Crippen molar-refractivity contribution in [2.45, 2.75) is 0 Å². The smallest absolute Gasteiger partial charge is 0.200 e. The second-order valence-electron chi connectivity index (χ2n) is 4.48. The van der Waals surface area contributed by atoms with Crippen molar-refractivity contribution in [1.82, 2.24) is 4.98 Å². The monoisotopic (exact) mass is 311 g/mol. The van der Waals surface area contributed by atoms with Crippen LogP contribution in [0.4, 0.5) is 22.0 Å². The van der Waals surface area contributed by atoms with Gasteiger partial charge in [-0.1, -0.05) is 6.07 Å². The molecule has 3 rings (SSSR count). The summed E-state index contributed by atoms with van der Waals surface area (Å²) in [6, 6.07) is 4.91. The first kappa shape index (κ1) is 14.2. The van der Waals surface area contributed by atoms with Crippen LogP contribution >= 0.6 is 0 Å². The molecule has 0 saturated carbocycles. The van der Waals surface area contributed by atoms with E-state index in [2.05, 4.69) is 4.98 Å². The molecule has 0 saturated heterocycles. The van der Waals surface area contributed by atoms with Gasteiger partial charge in [0, 0.05) is 11.6 Å². The van der Waals surface area contributed by atoms with Gasteiger partial charge in [-0.05, 0) is 23.8 Å². The van der Waals surface area contributed by atoms with Gasteiger partial charge in [0.25, 0.3) is 0 Å². The van der Waals surface area contributed by atoms with Crippen LogP contribution in [0.5, 0.6) is 5.75 Å². The van der Waals surface area contributed by atoms with Crippen LogP contribution in [0.1, 0.15) is 0 Å². The molecule has 7 heteroatoms. The zero-order chi connectivity index (χ0) is 16.0. The molecule has 0 radical (unpaired) electrons. The predicted molar refractivity (Wildman–Crippen MR) is 68.6 cm³/mol. The summed E-state index contributed by atoms with van der Waals surface area (Å²) >= 11 is 0. The Hall–Kier alpha value is -2.70. The van der Waals surface area contributed by atoms with Crippen molar-refractivity contribution in [1.29, 1.82) is 0 Å². The maximum atomic E-state index is 13.9. The lowest BCUT2D eigenvalue weighted by molar-refractivity contribution is 0.381. The van der Waals surface area contributed by atoms with Crippen LogP contribution in [-0.4, -0.2) is 10.1 Å². The van der Waals surface area contributed by atoms with E-state index in [4.69, 9.17) is 0 Å². The number of halogens is 5. The maximum absolute atomic E-state index is 13.9. The number of benzene rings is 2. The molecule has 1 aromatic heterocycles. The van der Waals surface area contributed by atoms with Crippen molar-refractivity contribution in [2.75, 3.05) is 0 Å². The molecule has 0 atom stereocenters. The van der Waals surface area contributed by atoms with E-state index in [9.17, 15) is 27.1 Å². The van der Waals surface area contributed by atoms with Crippen molar-refractivity contribution in [2.24, 2.45) is 0 Å². The van der Waals surface area contributed by atoms with Crippen molar-refractivity contribution < 1.29 is 27.1 Å². The second kappa shape index (κ2) is 4.94. The zero-order valence-corrected chi connectivity index (χ0v) is 10.7. The third-order valence-electron chi connectivity index (χ3n) is 3.23. The minimum absolute atomic E-state index is 0.0102. The molecule has 22 heavy (non-hydrogen) atoms. The van der Waals surface area contributed by atoms with Gasteiger partial charge in [-0.15, -0.1) is 0 Å². The number of phenols is 1. The molecule has 0 spiro atoms. The number of aromatic nitrogens is 1. The lowest BCUT2D eigenvalue weighted by Gasteiger charge is -2.11. The summed E-state index contributed by atoms with van der Waals surface area (Å²) in [7, 11) is 0. The number of hydrogen-bond donors (Lipinski definition) is 1.